The molecule has 0 N–H and O–H groups in total. The number of hydrogen-bond donors (Lipinski definition) is 0. The highest BCUT2D eigenvalue weighted by molar-refractivity contribution is 8.03. The molecular formula is C30H35NO7SSi. The summed E-state index contributed by atoms with van der Waals surface area (Å²) in [5.41, 5.74) is -1.23. The average Bonchev–Trinajstić information content (AvgIpc) is 3.45. The minimum absolute atomic E-state index is 0.140. The third kappa shape index (κ3) is 4.37. The predicted molar refractivity (Wildman–Crippen MR) is 155 cm³/mol. The Kier molecular flexibility index (Phi) is 8.60. The number of carbonyl (C=O) groups excluding carboxylic acids is 4. The SMILES string of the molecule is CC[Si](CC)(CC)C1=C(Sc2ccccc2OC)C(C(=O)OC)(C(=O)OC)CC1N1C(=O)c2ccccc2C1=O. The zero-order chi connectivity index (χ0) is 29.2. The summed E-state index contributed by atoms with van der Waals surface area (Å²) in [4.78, 5) is 57.7. The van der Waals surface area contributed by atoms with Gasteiger partial charge in [-0.2, -0.15) is 0 Å². The number of fused-ring (bicyclic) bond motifs is 1. The lowest BCUT2D eigenvalue weighted by molar-refractivity contribution is -0.165. The van der Waals surface area contributed by atoms with Crippen molar-refractivity contribution in [3.63, 3.8) is 0 Å². The van der Waals surface area contributed by atoms with Crippen molar-refractivity contribution in [3.05, 3.63) is 69.8 Å². The molecule has 0 bridgehead atoms. The quantitative estimate of drug-likeness (QED) is 0.157. The summed E-state index contributed by atoms with van der Waals surface area (Å²) >= 11 is 1.27. The molecule has 2 aliphatic rings. The Hall–Kier alpha value is -3.37. The third-order valence-corrected chi connectivity index (χ3v) is 15.9. The average molecular weight is 582 g/mol. The summed E-state index contributed by atoms with van der Waals surface area (Å²) in [5, 5.41) is 0.848. The normalized spacial score (nSPS) is 18.1. The van der Waals surface area contributed by atoms with Crippen LogP contribution in [0, 0.1) is 5.41 Å². The van der Waals surface area contributed by atoms with E-state index in [2.05, 4.69) is 20.8 Å². The van der Waals surface area contributed by atoms with Gasteiger partial charge >= 0.3 is 11.9 Å². The maximum absolute atomic E-state index is 13.8. The molecule has 4 rings (SSSR count). The smallest absolute Gasteiger partial charge is 0.328 e. The van der Waals surface area contributed by atoms with Crippen LogP contribution in [0.15, 0.2) is 63.5 Å². The first-order valence-electron chi connectivity index (χ1n) is 13.4. The van der Waals surface area contributed by atoms with Crippen molar-refractivity contribution in [3.8, 4) is 5.75 Å². The number of methoxy groups -OCH3 is 3. The van der Waals surface area contributed by atoms with Crippen LogP contribution in [0.3, 0.4) is 0 Å². The first kappa shape index (κ1) is 29.6. The fraction of sp³-hybridized carbons (Fsp3) is 0.400. The molecular weight excluding hydrogens is 546 g/mol. The van der Waals surface area contributed by atoms with Crippen molar-refractivity contribution in [2.45, 2.75) is 56.3 Å². The molecule has 0 spiro atoms. The van der Waals surface area contributed by atoms with E-state index in [9.17, 15) is 19.2 Å². The third-order valence-electron chi connectivity index (χ3n) is 8.55. The fourth-order valence-electron chi connectivity index (χ4n) is 6.23. The van der Waals surface area contributed by atoms with Crippen LogP contribution in [0.25, 0.3) is 0 Å². The number of benzene rings is 2. The summed E-state index contributed by atoms with van der Waals surface area (Å²) < 4.78 is 16.2. The second-order valence-corrected chi connectivity index (χ2v) is 16.2. The predicted octanol–water partition coefficient (Wildman–Crippen LogP) is 5.49. The van der Waals surface area contributed by atoms with Gasteiger partial charge in [-0.05, 0) is 29.5 Å². The highest BCUT2D eigenvalue weighted by atomic mass is 32.2. The molecule has 1 atom stereocenters. The van der Waals surface area contributed by atoms with Crippen LogP contribution in [0.5, 0.6) is 5.75 Å². The molecule has 1 heterocycles. The summed E-state index contributed by atoms with van der Waals surface area (Å²) in [6.07, 6.45) is -0.140. The van der Waals surface area contributed by atoms with E-state index in [-0.39, 0.29) is 6.42 Å². The van der Waals surface area contributed by atoms with Gasteiger partial charge in [0.2, 0.25) is 0 Å². The van der Waals surface area contributed by atoms with Gasteiger partial charge in [0.25, 0.3) is 11.8 Å². The van der Waals surface area contributed by atoms with E-state index in [1.54, 1.807) is 37.4 Å². The molecule has 10 heteroatoms. The zero-order valence-electron chi connectivity index (χ0n) is 23.7. The Morgan fingerprint density at radius 1 is 0.875 bits per heavy atom. The molecule has 212 valence electrons. The van der Waals surface area contributed by atoms with E-state index in [0.29, 0.717) is 26.7 Å². The van der Waals surface area contributed by atoms with Crippen molar-refractivity contribution in [1.29, 1.82) is 0 Å². The van der Waals surface area contributed by atoms with Gasteiger partial charge in [-0.15, -0.1) is 0 Å². The van der Waals surface area contributed by atoms with Gasteiger partial charge in [0.05, 0.1) is 51.5 Å². The molecule has 0 radical (unpaired) electrons. The van der Waals surface area contributed by atoms with Crippen LogP contribution in [0.2, 0.25) is 18.1 Å². The van der Waals surface area contributed by atoms with Crippen LogP contribution in [0.1, 0.15) is 47.9 Å². The molecule has 1 aliphatic carbocycles. The first-order valence-corrected chi connectivity index (χ1v) is 16.8. The Morgan fingerprint density at radius 3 is 1.85 bits per heavy atom. The molecule has 2 amide bonds. The monoisotopic (exact) mass is 581 g/mol. The number of esters is 2. The molecule has 2 aromatic carbocycles. The number of carbonyl (C=O) groups is 4. The molecule has 40 heavy (non-hydrogen) atoms. The maximum Gasteiger partial charge on any atom is 0.328 e. The zero-order valence-corrected chi connectivity index (χ0v) is 25.6. The summed E-state index contributed by atoms with van der Waals surface area (Å²) in [6.45, 7) is 6.31. The Labute approximate surface area is 240 Å². The second-order valence-electron chi connectivity index (χ2n) is 9.97. The van der Waals surface area contributed by atoms with Crippen molar-refractivity contribution < 1.29 is 33.4 Å². The second kappa shape index (κ2) is 11.6. The van der Waals surface area contributed by atoms with Crippen molar-refractivity contribution >= 4 is 43.6 Å². The largest absolute Gasteiger partial charge is 0.496 e. The minimum atomic E-state index is -2.47. The van der Waals surface area contributed by atoms with Gasteiger partial charge in [0, 0.05) is 11.3 Å². The molecule has 8 nitrogen and oxygen atoms in total. The molecule has 1 unspecified atom stereocenters. The highest BCUT2D eigenvalue weighted by Crippen LogP contribution is 2.58. The van der Waals surface area contributed by atoms with Crippen molar-refractivity contribution in [1.82, 2.24) is 4.90 Å². The topological polar surface area (TPSA) is 99.2 Å². The fourth-order valence-corrected chi connectivity index (χ4v) is 12.6. The molecule has 0 fully saturated rings. The van der Waals surface area contributed by atoms with Crippen LogP contribution >= 0.6 is 11.8 Å². The number of para-hydroxylation sites is 1. The lowest BCUT2D eigenvalue weighted by Crippen LogP contribution is -2.49. The summed E-state index contributed by atoms with van der Waals surface area (Å²) in [7, 11) is 1.55. The van der Waals surface area contributed by atoms with E-state index in [1.807, 2.05) is 18.2 Å². The van der Waals surface area contributed by atoms with Crippen molar-refractivity contribution in [2.24, 2.45) is 5.41 Å². The first-order chi connectivity index (χ1) is 19.2. The lowest BCUT2D eigenvalue weighted by atomic mass is 9.86. The maximum atomic E-state index is 13.8. The van der Waals surface area contributed by atoms with Gasteiger partial charge < -0.3 is 14.2 Å². The highest BCUT2D eigenvalue weighted by Gasteiger charge is 2.64. The van der Waals surface area contributed by atoms with E-state index in [1.165, 1.54) is 30.9 Å². The number of amides is 2. The number of rotatable bonds is 10. The van der Waals surface area contributed by atoms with Crippen LogP contribution in [-0.4, -0.2) is 64.1 Å². The molecule has 1 aliphatic heterocycles. The summed E-state index contributed by atoms with van der Waals surface area (Å²) in [5.74, 6) is -1.84. The summed E-state index contributed by atoms with van der Waals surface area (Å²) in [6, 6.07) is 15.6. The number of hydrogen-bond acceptors (Lipinski definition) is 8. The number of thioether (sulfide) groups is 1. The van der Waals surface area contributed by atoms with Crippen LogP contribution in [0.4, 0.5) is 0 Å². The lowest BCUT2D eigenvalue weighted by Gasteiger charge is -2.37. The van der Waals surface area contributed by atoms with E-state index in [0.717, 1.165) is 23.3 Å². The number of imide groups is 1. The Morgan fingerprint density at radius 2 is 1.38 bits per heavy atom. The molecule has 0 aromatic heterocycles. The Balaban J connectivity index is 2.09. The van der Waals surface area contributed by atoms with Gasteiger partial charge in [-0.1, -0.05) is 74.9 Å². The van der Waals surface area contributed by atoms with E-state index < -0.39 is 43.3 Å². The standard InChI is InChI=1S/C30H35NO7SSi/c1-7-40(8-2,9-3)24-21(31-26(32)19-14-10-11-15-20(19)27(31)33)18-30(28(34)37-5,29(35)38-6)25(24)39-23-17-13-12-16-22(23)36-4/h10-17,21H,7-9,18H2,1-6H3. The van der Waals surface area contributed by atoms with Crippen molar-refractivity contribution in [2.75, 3.05) is 21.3 Å². The Bertz CT molecular complexity index is 1320. The van der Waals surface area contributed by atoms with Gasteiger partial charge in [-0.3, -0.25) is 24.1 Å². The molecule has 0 saturated heterocycles. The minimum Gasteiger partial charge on any atom is -0.496 e. The van der Waals surface area contributed by atoms with Crippen LogP contribution < -0.4 is 4.74 Å². The van der Waals surface area contributed by atoms with Gasteiger partial charge in [-0.25, -0.2) is 0 Å². The van der Waals surface area contributed by atoms with Crippen LogP contribution in [-0.2, 0) is 19.1 Å². The number of nitrogens with zero attached hydrogens (tertiary/aromatic N) is 1. The van der Waals surface area contributed by atoms with E-state index >= 15 is 0 Å². The van der Waals surface area contributed by atoms with Gasteiger partial charge in [0.15, 0.2) is 5.41 Å². The molecule has 2 aromatic rings. The van der Waals surface area contributed by atoms with Gasteiger partial charge in [0.1, 0.15) is 5.75 Å². The number of ether oxygens (including phenoxy) is 3. The molecule has 0 saturated carbocycles. The van der Waals surface area contributed by atoms with E-state index in [4.69, 9.17) is 14.2 Å².